The number of aryl methyl sites for hydroxylation is 2. The highest BCUT2D eigenvalue weighted by atomic mass is 32.2. The molecule has 1 aromatic heterocycles. The Bertz CT molecular complexity index is 1370. The molecule has 1 unspecified atom stereocenters. The number of anilines is 2. The predicted molar refractivity (Wildman–Crippen MR) is 137 cm³/mol. The van der Waals surface area contributed by atoms with Crippen molar-refractivity contribution >= 4 is 49.8 Å². The summed E-state index contributed by atoms with van der Waals surface area (Å²) < 4.78 is 27.9. The lowest BCUT2D eigenvalue weighted by atomic mass is 10.1. The lowest BCUT2D eigenvalue weighted by Crippen LogP contribution is -2.19. The fraction of sp³-hybridized carbons (Fsp3) is 0.125. The molecule has 0 spiro atoms. The Balaban J connectivity index is 1.50. The molecule has 3 aromatic carbocycles. The molecule has 1 amide bonds. The number of nitrogens with zero attached hydrogens (tertiary/aromatic N) is 2. The van der Waals surface area contributed by atoms with Crippen molar-refractivity contribution in [3.63, 3.8) is 0 Å². The zero-order valence-electron chi connectivity index (χ0n) is 18.4. The molecule has 0 saturated carbocycles. The lowest BCUT2D eigenvalue weighted by molar-refractivity contribution is -0.115. The van der Waals surface area contributed by atoms with Gasteiger partial charge >= 0.3 is 0 Å². The van der Waals surface area contributed by atoms with Gasteiger partial charge in [-0.1, -0.05) is 59.4 Å². The van der Waals surface area contributed by atoms with Crippen LogP contribution >= 0.6 is 23.1 Å². The van der Waals surface area contributed by atoms with E-state index in [4.69, 9.17) is 0 Å². The van der Waals surface area contributed by atoms with Gasteiger partial charge in [-0.2, -0.15) is 0 Å². The Kier molecular flexibility index (Phi) is 7.30. The van der Waals surface area contributed by atoms with E-state index in [0.717, 1.165) is 21.0 Å². The van der Waals surface area contributed by atoms with Gasteiger partial charge in [0.1, 0.15) is 10.3 Å². The molecule has 0 aliphatic heterocycles. The van der Waals surface area contributed by atoms with Gasteiger partial charge in [0.15, 0.2) is 0 Å². The summed E-state index contributed by atoms with van der Waals surface area (Å²) in [6, 6.07) is 23.1. The minimum atomic E-state index is -3.69. The molecule has 0 aliphatic carbocycles. The minimum absolute atomic E-state index is 0.198. The second kappa shape index (κ2) is 10.4. The van der Waals surface area contributed by atoms with Crippen LogP contribution in [0.3, 0.4) is 0 Å². The molecule has 2 N–H and O–H groups in total. The zero-order chi connectivity index (χ0) is 24.1. The summed E-state index contributed by atoms with van der Waals surface area (Å²) in [5.41, 5.74) is 2.27. The number of thioether (sulfide) groups is 1. The molecule has 0 saturated heterocycles. The van der Waals surface area contributed by atoms with E-state index in [2.05, 4.69) is 20.2 Å². The van der Waals surface area contributed by atoms with Crippen LogP contribution in [0.1, 0.15) is 21.4 Å². The molecule has 174 valence electrons. The van der Waals surface area contributed by atoms with Crippen molar-refractivity contribution in [1.82, 2.24) is 10.2 Å². The summed E-state index contributed by atoms with van der Waals surface area (Å²) in [5.74, 6) is -0.212. The summed E-state index contributed by atoms with van der Waals surface area (Å²) in [5, 5.41) is 11.4. The van der Waals surface area contributed by atoms with Crippen LogP contribution in [0, 0.1) is 13.8 Å². The van der Waals surface area contributed by atoms with Gasteiger partial charge in [-0.25, -0.2) is 8.42 Å². The quantitative estimate of drug-likeness (QED) is 0.307. The molecule has 4 rings (SSSR count). The maximum atomic E-state index is 13.1. The van der Waals surface area contributed by atoms with Gasteiger partial charge in [-0.15, -0.1) is 22.0 Å². The largest absolute Gasteiger partial charge is 0.299 e. The highest BCUT2D eigenvalue weighted by molar-refractivity contribution is 8.00. The fourth-order valence-electron chi connectivity index (χ4n) is 3.09. The monoisotopic (exact) mass is 510 g/mol. The van der Waals surface area contributed by atoms with E-state index in [1.807, 2.05) is 44.2 Å². The molecular weight excluding hydrogens is 488 g/mol. The van der Waals surface area contributed by atoms with Gasteiger partial charge in [0.2, 0.25) is 11.0 Å². The number of aromatic nitrogens is 2. The summed E-state index contributed by atoms with van der Waals surface area (Å²) in [6.07, 6.45) is 0. The van der Waals surface area contributed by atoms with Gasteiger partial charge < -0.3 is 0 Å². The number of rotatable bonds is 8. The van der Waals surface area contributed by atoms with Crippen molar-refractivity contribution in [3.05, 3.63) is 95.0 Å². The van der Waals surface area contributed by atoms with Gasteiger partial charge in [0, 0.05) is 10.6 Å². The van der Waals surface area contributed by atoms with E-state index in [-0.39, 0.29) is 10.8 Å². The van der Waals surface area contributed by atoms with Crippen LogP contribution in [-0.4, -0.2) is 24.5 Å². The smallest absolute Gasteiger partial charge is 0.261 e. The molecule has 1 atom stereocenters. The highest BCUT2D eigenvalue weighted by Crippen LogP contribution is 2.37. The summed E-state index contributed by atoms with van der Waals surface area (Å²) in [7, 11) is -3.69. The number of carbonyl (C=O) groups is 1. The number of hydrogen-bond donors (Lipinski definition) is 2. The SMILES string of the molecule is Cc1ccc(S(=O)(=O)Nc2ccc(SC(C(=O)Nc3nnc(C)s3)c3ccccc3)cc2)cc1. The number of sulfonamides is 1. The molecule has 10 heteroatoms. The van der Waals surface area contributed by atoms with Gasteiger partial charge in [0.05, 0.1) is 4.90 Å². The third-order valence-electron chi connectivity index (χ3n) is 4.79. The molecule has 1 heterocycles. The Morgan fingerprint density at radius 2 is 1.59 bits per heavy atom. The van der Waals surface area contributed by atoms with Crippen LogP contribution in [0.15, 0.2) is 88.7 Å². The second-order valence-corrected chi connectivity index (χ2v) is 11.5. The highest BCUT2D eigenvalue weighted by Gasteiger charge is 2.23. The van der Waals surface area contributed by atoms with Crippen LogP contribution in [-0.2, 0) is 14.8 Å². The van der Waals surface area contributed by atoms with Crippen LogP contribution in [0.25, 0.3) is 0 Å². The van der Waals surface area contributed by atoms with E-state index in [0.29, 0.717) is 10.8 Å². The molecule has 34 heavy (non-hydrogen) atoms. The van der Waals surface area contributed by atoms with Gasteiger partial charge in [-0.05, 0) is 55.8 Å². The van der Waals surface area contributed by atoms with Crippen LogP contribution in [0.2, 0.25) is 0 Å². The number of benzene rings is 3. The molecule has 0 radical (unpaired) electrons. The zero-order valence-corrected chi connectivity index (χ0v) is 20.9. The number of carbonyl (C=O) groups excluding carboxylic acids is 1. The normalized spacial score (nSPS) is 12.2. The van der Waals surface area contributed by atoms with Crippen molar-refractivity contribution < 1.29 is 13.2 Å². The van der Waals surface area contributed by atoms with E-state index in [1.165, 1.54) is 23.1 Å². The molecule has 0 aliphatic rings. The van der Waals surface area contributed by atoms with E-state index >= 15 is 0 Å². The number of nitrogens with one attached hydrogen (secondary N) is 2. The molecule has 7 nitrogen and oxygen atoms in total. The van der Waals surface area contributed by atoms with Crippen molar-refractivity contribution in [1.29, 1.82) is 0 Å². The van der Waals surface area contributed by atoms with Crippen molar-refractivity contribution in [2.24, 2.45) is 0 Å². The third-order valence-corrected chi connectivity index (χ3v) is 8.21. The molecular formula is C24H22N4O3S3. The van der Waals surface area contributed by atoms with Crippen LogP contribution in [0.5, 0.6) is 0 Å². The predicted octanol–water partition coefficient (Wildman–Crippen LogP) is 5.43. The van der Waals surface area contributed by atoms with Crippen molar-refractivity contribution in [2.45, 2.75) is 28.9 Å². The third kappa shape index (κ3) is 6.02. The van der Waals surface area contributed by atoms with Gasteiger partial charge in [-0.3, -0.25) is 14.8 Å². The van der Waals surface area contributed by atoms with Gasteiger partial charge in [0.25, 0.3) is 10.0 Å². The number of amides is 1. The average Bonchev–Trinajstić information content (AvgIpc) is 3.23. The summed E-state index contributed by atoms with van der Waals surface area (Å²) in [4.78, 5) is 14.1. The number of hydrogen-bond acceptors (Lipinski definition) is 7. The maximum Gasteiger partial charge on any atom is 0.261 e. The maximum absolute atomic E-state index is 13.1. The summed E-state index contributed by atoms with van der Waals surface area (Å²) >= 11 is 2.68. The molecule has 0 bridgehead atoms. The average molecular weight is 511 g/mol. The first-order valence-electron chi connectivity index (χ1n) is 10.3. The first-order chi connectivity index (χ1) is 16.3. The first-order valence-corrected chi connectivity index (χ1v) is 13.5. The molecule has 0 fully saturated rings. The van der Waals surface area contributed by atoms with Crippen molar-refractivity contribution in [2.75, 3.05) is 10.0 Å². The Labute approximate surface area is 206 Å². The molecule has 4 aromatic rings. The Morgan fingerprint density at radius 3 is 2.21 bits per heavy atom. The first kappa shape index (κ1) is 23.9. The Morgan fingerprint density at radius 1 is 0.912 bits per heavy atom. The van der Waals surface area contributed by atoms with Crippen LogP contribution < -0.4 is 10.0 Å². The summed E-state index contributed by atoms with van der Waals surface area (Å²) in [6.45, 7) is 3.73. The van der Waals surface area contributed by atoms with E-state index in [9.17, 15) is 13.2 Å². The van der Waals surface area contributed by atoms with Crippen molar-refractivity contribution in [3.8, 4) is 0 Å². The lowest BCUT2D eigenvalue weighted by Gasteiger charge is -2.16. The van der Waals surface area contributed by atoms with E-state index in [1.54, 1.807) is 48.5 Å². The fourth-order valence-corrected chi connectivity index (χ4v) is 5.77. The van der Waals surface area contributed by atoms with Crippen LogP contribution in [0.4, 0.5) is 10.8 Å². The minimum Gasteiger partial charge on any atom is -0.299 e. The Hall–Kier alpha value is -3.21. The van der Waals surface area contributed by atoms with E-state index < -0.39 is 15.3 Å². The standard InChI is InChI=1S/C24H22N4O3S3/c1-16-8-14-21(15-9-16)34(30,31)28-19-10-12-20(13-11-19)33-22(18-6-4-3-5-7-18)23(29)25-24-27-26-17(2)32-24/h3-15,22,28H,1-2H3,(H,25,27,29). The topological polar surface area (TPSA) is 101 Å². The second-order valence-electron chi connectivity index (χ2n) is 7.47.